The zero-order valence-electron chi connectivity index (χ0n) is 11.3. The second kappa shape index (κ2) is 5.77. The number of anilines is 1. The first-order chi connectivity index (χ1) is 10.6. The first-order valence-electron chi connectivity index (χ1n) is 6.50. The van der Waals surface area contributed by atoms with Gasteiger partial charge in [0.2, 0.25) is 0 Å². The topological polar surface area (TPSA) is 46.9 Å². The van der Waals surface area contributed by atoms with Gasteiger partial charge in [0.25, 0.3) is 5.91 Å². The van der Waals surface area contributed by atoms with Crippen molar-refractivity contribution in [2.24, 2.45) is 0 Å². The predicted molar refractivity (Wildman–Crippen MR) is 77.9 cm³/mol. The third-order valence-electron chi connectivity index (χ3n) is 3.08. The Kier molecular flexibility index (Phi) is 3.65. The molecule has 2 aromatic carbocycles. The van der Waals surface area contributed by atoms with Crippen LogP contribution in [0.2, 0.25) is 0 Å². The molecule has 1 heterocycles. The Hall–Kier alpha value is -3.02. The minimum absolute atomic E-state index is 0.274. The number of nitrogens with zero attached hydrogens (tertiary/aromatic N) is 2. The van der Waals surface area contributed by atoms with Crippen molar-refractivity contribution in [3.63, 3.8) is 0 Å². The van der Waals surface area contributed by atoms with E-state index in [-0.39, 0.29) is 5.56 Å². The van der Waals surface area contributed by atoms with E-state index in [2.05, 4.69) is 10.4 Å². The lowest BCUT2D eigenvalue weighted by molar-refractivity contribution is 0.102. The Morgan fingerprint density at radius 3 is 2.45 bits per heavy atom. The van der Waals surface area contributed by atoms with Gasteiger partial charge >= 0.3 is 0 Å². The van der Waals surface area contributed by atoms with Gasteiger partial charge in [-0.2, -0.15) is 5.10 Å². The minimum atomic E-state index is -0.823. The Morgan fingerprint density at radius 2 is 1.77 bits per heavy atom. The molecule has 0 unspecified atom stereocenters. The molecule has 1 N–H and O–H groups in total. The summed E-state index contributed by atoms with van der Waals surface area (Å²) in [7, 11) is 0. The number of nitrogens with one attached hydrogen (secondary N) is 1. The van der Waals surface area contributed by atoms with Crippen LogP contribution in [0.15, 0.2) is 60.9 Å². The lowest BCUT2D eigenvalue weighted by Gasteiger charge is -2.08. The highest BCUT2D eigenvalue weighted by molar-refractivity contribution is 6.04. The van der Waals surface area contributed by atoms with E-state index in [9.17, 15) is 13.6 Å². The highest BCUT2D eigenvalue weighted by Crippen LogP contribution is 2.19. The smallest absolute Gasteiger partial charge is 0.255 e. The van der Waals surface area contributed by atoms with Gasteiger partial charge in [-0.1, -0.05) is 12.1 Å². The van der Waals surface area contributed by atoms with Gasteiger partial charge in [0, 0.05) is 18.0 Å². The fourth-order valence-corrected chi connectivity index (χ4v) is 2.01. The van der Waals surface area contributed by atoms with E-state index >= 15 is 0 Å². The summed E-state index contributed by atoms with van der Waals surface area (Å²) in [5, 5.41) is 6.31. The first-order valence-corrected chi connectivity index (χ1v) is 6.50. The summed E-state index contributed by atoms with van der Waals surface area (Å²) in [5.41, 5.74) is 0.485. The van der Waals surface area contributed by atoms with Crippen molar-refractivity contribution in [3.05, 3.63) is 78.1 Å². The molecule has 22 heavy (non-hydrogen) atoms. The molecule has 0 atom stereocenters. The number of halogens is 2. The van der Waals surface area contributed by atoms with Crippen LogP contribution in [0.5, 0.6) is 0 Å². The largest absolute Gasteiger partial charge is 0.317 e. The third-order valence-corrected chi connectivity index (χ3v) is 3.08. The molecule has 0 saturated heterocycles. The van der Waals surface area contributed by atoms with Crippen LogP contribution >= 0.6 is 0 Å². The maximum Gasteiger partial charge on any atom is 0.255 e. The molecule has 3 aromatic rings. The van der Waals surface area contributed by atoms with Crippen molar-refractivity contribution in [2.75, 3.05) is 5.32 Å². The van der Waals surface area contributed by atoms with Crippen LogP contribution in [-0.2, 0) is 0 Å². The third kappa shape index (κ3) is 2.71. The van der Waals surface area contributed by atoms with Gasteiger partial charge in [0.1, 0.15) is 17.3 Å². The van der Waals surface area contributed by atoms with Crippen LogP contribution < -0.4 is 5.32 Å². The molecule has 110 valence electrons. The number of benzene rings is 2. The number of carbonyl (C=O) groups is 1. The van der Waals surface area contributed by atoms with Crippen molar-refractivity contribution >= 4 is 11.6 Å². The number of amides is 1. The number of hydrogen-bond acceptors (Lipinski definition) is 2. The summed E-state index contributed by atoms with van der Waals surface area (Å²) in [6.45, 7) is 0. The standard InChI is InChI=1S/C16H11F2N3O/c17-13-6-2-7-14(18)15(13)20-16(22)11-4-1-5-12(10-11)21-9-3-8-19-21/h1-10H,(H,20,22). The second-order valence-corrected chi connectivity index (χ2v) is 4.55. The average Bonchev–Trinajstić information content (AvgIpc) is 3.05. The lowest BCUT2D eigenvalue weighted by Crippen LogP contribution is -2.14. The molecule has 0 aliphatic rings. The second-order valence-electron chi connectivity index (χ2n) is 4.55. The minimum Gasteiger partial charge on any atom is -0.317 e. The summed E-state index contributed by atoms with van der Waals surface area (Å²) < 4.78 is 28.7. The monoisotopic (exact) mass is 299 g/mol. The summed E-state index contributed by atoms with van der Waals surface area (Å²) >= 11 is 0. The van der Waals surface area contributed by atoms with Gasteiger partial charge in [-0.05, 0) is 36.4 Å². The molecule has 0 aliphatic carbocycles. The van der Waals surface area contributed by atoms with E-state index in [1.54, 1.807) is 47.4 Å². The number of aromatic nitrogens is 2. The van der Waals surface area contributed by atoms with Gasteiger partial charge in [-0.15, -0.1) is 0 Å². The molecular formula is C16H11F2N3O. The summed E-state index contributed by atoms with van der Waals surface area (Å²) in [4.78, 5) is 12.2. The van der Waals surface area contributed by atoms with Gasteiger partial charge in [-0.25, -0.2) is 13.5 Å². The SMILES string of the molecule is O=C(Nc1c(F)cccc1F)c1cccc(-n2cccn2)c1. The number of carbonyl (C=O) groups excluding carboxylic acids is 1. The highest BCUT2D eigenvalue weighted by atomic mass is 19.1. The Morgan fingerprint density at radius 1 is 1.05 bits per heavy atom. The molecule has 1 amide bonds. The van der Waals surface area contributed by atoms with Crippen LogP contribution in [0.3, 0.4) is 0 Å². The van der Waals surface area contributed by atoms with Crippen LogP contribution in [0.1, 0.15) is 10.4 Å². The Labute approximate surface area is 125 Å². The van der Waals surface area contributed by atoms with Crippen LogP contribution in [-0.4, -0.2) is 15.7 Å². The molecule has 6 heteroatoms. The Bertz CT molecular complexity index is 796. The molecule has 0 bridgehead atoms. The quantitative estimate of drug-likeness (QED) is 0.805. The van der Waals surface area contributed by atoms with Crippen LogP contribution in [0.4, 0.5) is 14.5 Å². The number of rotatable bonds is 3. The maximum atomic E-state index is 13.6. The van der Waals surface area contributed by atoms with E-state index < -0.39 is 23.2 Å². The zero-order valence-corrected chi connectivity index (χ0v) is 11.3. The average molecular weight is 299 g/mol. The van der Waals surface area contributed by atoms with Gasteiger partial charge < -0.3 is 5.32 Å². The van der Waals surface area contributed by atoms with Gasteiger partial charge in [0.05, 0.1) is 5.69 Å². The summed E-state index contributed by atoms with van der Waals surface area (Å²) in [6.07, 6.45) is 3.34. The van der Waals surface area contributed by atoms with Crippen LogP contribution in [0.25, 0.3) is 5.69 Å². The van der Waals surface area contributed by atoms with E-state index in [0.29, 0.717) is 5.69 Å². The van der Waals surface area contributed by atoms with Crippen molar-refractivity contribution < 1.29 is 13.6 Å². The van der Waals surface area contributed by atoms with Crippen molar-refractivity contribution in [1.82, 2.24) is 9.78 Å². The first kappa shape index (κ1) is 13.9. The molecule has 4 nitrogen and oxygen atoms in total. The molecule has 0 radical (unpaired) electrons. The fourth-order valence-electron chi connectivity index (χ4n) is 2.01. The van der Waals surface area contributed by atoms with Gasteiger partial charge in [-0.3, -0.25) is 4.79 Å². The number of hydrogen-bond donors (Lipinski definition) is 1. The van der Waals surface area contributed by atoms with Crippen molar-refractivity contribution in [3.8, 4) is 5.69 Å². The number of para-hydroxylation sites is 1. The van der Waals surface area contributed by atoms with Crippen molar-refractivity contribution in [2.45, 2.75) is 0 Å². The zero-order chi connectivity index (χ0) is 15.5. The Balaban J connectivity index is 1.88. The highest BCUT2D eigenvalue weighted by Gasteiger charge is 2.13. The van der Waals surface area contributed by atoms with E-state index in [4.69, 9.17) is 0 Å². The predicted octanol–water partition coefficient (Wildman–Crippen LogP) is 3.40. The molecule has 1 aromatic heterocycles. The van der Waals surface area contributed by atoms with Crippen molar-refractivity contribution in [1.29, 1.82) is 0 Å². The molecule has 3 rings (SSSR count). The molecule has 0 fully saturated rings. The lowest BCUT2D eigenvalue weighted by atomic mass is 10.2. The van der Waals surface area contributed by atoms with E-state index in [1.807, 2.05) is 0 Å². The molecule has 0 spiro atoms. The fraction of sp³-hybridized carbons (Fsp3) is 0. The van der Waals surface area contributed by atoms with Crippen LogP contribution in [0, 0.1) is 11.6 Å². The maximum absolute atomic E-state index is 13.6. The summed E-state index contributed by atoms with van der Waals surface area (Å²) in [5.74, 6) is -2.24. The van der Waals surface area contributed by atoms with E-state index in [1.165, 1.54) is 6.07 Å². The molecule has 0 aliphatic heterocycles. The molecular weight excluding hydrogens is 288 g/mol. The van der Waals surface area contributed by atoms with Gasteiger partial charge in [0.15, 0.2) is 0 Å². The summed E-state index contributed by atoms with van der Waals surface area (Å²) in [6, 6.07) is 11.7. The normalized spacial score (nSPS) is 10.5. The molecule has 0 saturated carbocycles. The van der Waals surface area contributed by atoms with E-state index in [0.717, 1.165) is 12.1 Å².